The van der Waals surface area contributed by atoms with Crippen molar-refractivity contribution in [3.63, 3.8) is 0 Å². The minimum absolute atomic E-state index is 0. The number of rotatable bonds is 7. The summed E-state index contributed by atoms with van der Waals surface area (Å²) in [4.78, 5) is 0. The van der Waals surface area contributed by atoms with Crippen molar-refractivity contribution in [2.24, 2.45) is 23.2 Å². The predicted octanol–water partition coefficient (Wildman–Crippen LogP) is 8.19. The van der Waals surface area contributed by atoms with Gasteiger partial charge in [0, 0.05) is 28.7 Å². The maximum Gasteiger partial charge on any atom is 0.124 e. The lowest BCUT2D eigenvalue weighted by Gasteiger charge is -2.59. The van der Waals surface area contributed by atoms with Crippen molar-refractivity contribution >= 4 is 34.8 Å². The zero-order valence-electron chi connectivity index (χ0n) is 19.9. The van der Waals surface area contributed by atoms with E-state index in [4.69, 9.17) is 16.3 Å². The molecule has 2 nitrogen and oxygen atoms in total. The van der Waals surface area contributed by atoms with E-state index in [1.807, 2.05) is 24.3 Å². The highest BCUT2D eigenvalue weighted by molar-refractivity contribution is 6.31. The fraction of sp³-hybridized carbons (Fsp3) is 0.467. The highest BCUT2D eigenvalue weighted by Gasteiger charge is 2.52. The van der Waals surface area contributed by atoms with Gasteiger partial charge in [-0.2, -0.15) is 0 Å². The van der Waals surface area contributed by atoms with Gasteiger partial charge in [0.25, 0.3) is 0 Å². The van der Waals surface area contributed by atoms with Gasteiger partial charge in [-0.3, -0.25) is 0 Å². The van der Waals surface area contributed by atoms with Gasteiger partial charge in [0.2, 0.25) is 0 Å². The second kappa shape index (κ2) is 9.72. The predicted molar refractivity (Wildman–Crippen MR) is 144 cm³/mol. The van der Waals surface area contributed by atoms with E-state index < -0.39 is 0 Å². The number of fused-ring (bicyclic) bond motifs is 1. The summed E-state index contributed by atoms with van der Waals surface area (Å²) in [5.41, 5.74) is 2.78. The van der Waals surface area contributed by atoms with Gasteiger partial charge >= 0.3 is 0 Å². The molecule has 3 aromatic rings. The van der Waals surface area contributed by atoms with Crippen LogP contribution in [0.3, 0.4) is 0 Å². The Balaban J connectivity index is 0.00000241. The van der Waals surface area contributed by atoms with E-state index in [-0.39, 0.29) is 12.4 Å². The molecule has 0 radical (unpaired) electrons. The molecule has 180 valence electrons. The minimum atomic E-state index is 0. The van der Waals surface area contributed by atoms with Gasteiger partial charge < -0.3 is 10.1 Å². The molecule has 4 aliphatic rings. The van der Waals surface area contributed by atoms with Gasteiger partial charge in [0.15, 0.2) is 0 Å². The van der Waals surface area contributed by atoms with Crippen molar-refractivity contribution in [3.05, 3.63) is 76.8 Å². The molecule has 0 saturated heterocycles. The minimum Gasteiger partial charge on any atom is -0.488 e. The summed E-state index contributed by atoms with van der Waals surface area (Å²) in [7, 11) is 0. The van der Waals surface area contributed by atoms with Crippen LogP contribution in [0.4, 0.5) is 0 Å². The van der Waals surface area contributed by atoms with Crippen LogP contribution in [0.25, 0.3) is 10.8 Å². The standard InChI is InChI=1S/C30H34ClNO.ClH/c1-20(30-15-21-12-22(16-30)14-23(13-21)17-30)32-18-27-26-8-4-2-6-24(26)10-11-29(27)33-19-25-7-3-5-9-28(25)31;/h2-11,20-23,32H,12-19H2,1H3;1H. The quantitative estimate of drug-likeness (QED) is 0.356. The maximum atomic E-state index is 6.39. The molecule has 0 aromatic heterocycles. The highest BCUT2D eigenvalue weighted by atomic mass is 35.5. The Hall–Kier alpha value is -1.74. The Morgan fingerprint density at radius 3 is 2.26 bits per heavy atom. The monoisotopic (exact) mass is 495 g/mol. The van der Waals surface area contributed by atoms with Crippen LogP contribution in [0.2, 0.25) is 5.02 Å². The first-order chi connectivity index (χ1) is 16.1. The molecule has 3 aromatic carbocycles. The lowest BCUT2D eigenvalue weighted by molar-refractivity contribution is -0.0706. The molecule has 0 spiro atoms. The van der Waals surface area contributed by atoms with E-state index in [2.05, 4.69) is 48.6 Å². The number of nitrogens with one attached hydrogen (secondary N) is 1. The highest BCUT2D eigenvalue weighted by Crippen LogP contribution is 2.61. The van der Waals surface area contributed by atoms with Crippen molar-refractivity contribution in [1.29, 1.82) is 0 Å². The Labute approximate surface area is 214 Å². The molecular weight excluding hydrogens is 461 g/mol. The SMILES string of the molecule is CC(NCc1c(OCc2ccccc2Cl)ccc2ccccc12)C12CC3CC(CC(C3)C1)C2.Cl. The number of halogens is 2. The molecule has 1 unspecified atom stereocenters. The number of hydrogen-bond donors (Lipinski definition) is 1. The summed E-state index contributed by atoms with van der Waals surface area (Å²) in [6.07, 6.45) is 8.77. The molecule has 4 fully saturated rings. The third kappa shape index (κ3) is 4.45. The van der Waals surface area contributed by atoms with Crippen LogP contribution in [0, 0.1) is 23.2 Å². The molecule has 0 heterocycles. The van der Waals surface area contributed by atoms with E-state index in [0.29, 0.717) is 18.1 Å². The molecular formula is C30H35Cl2NO. The fourth-order valence-corrected chi connectivity index (χ4v) is 7.77. The maximum absolute atomic E-state index is 6.39. The van der Waals surface area contributed by atoms with E-state index >= 15 is 0 Å². The summed E-state index contributed by atoms with van der Waals surface area (Å²) in [6.45, 7) is 3.76. The van der Waals surface area contributed by atoms with Crippen LogP contribution >= 0.6 is 24.0 Å². The number of benzene rings is 3. The van der Waals surface area contributed by atoms with E-state index in [0.717, 1.165) is 40.6 Å². The average Bonchev–Trinajstić information content (AvgIpc) is 2.81. The van der Waals surface area contributed by atoms with Crippen molar-refractivity contribution < 1.29 is 4.74 Å². The Kier molecular flexibility index (Phi) is 6.86. The van der Waals surface area contributed by atoms with Crippen LogP contribution in [0.15, 0.2) is 60.7 Å². The molecule has 4 saturated carbocycles. The summed E-state index contributed by atoms with van der Waals surface area (Å²) in [5, 5.41) is 7.29. The second-order valence-electron chi connectivity index (χ2n) is 11.0. The normalized spacial score (nSPS) is 28.0. The van der Waals surface area contributed by atoms with Crippen molar-refractivity contribution in [2.45, 2.75) is 64.6 Å². The van der Waals surface area contributed by atoms with E-state index in [1.54, 1.807) is 0 Å². The molecule has 0 amide bonds. The molecule has 0 aliphatic heterocycles. The van der Waals surface area contributed by atoms with Crippen molar-refractivity contribution in [1.82, 2.24) is 5.32 Å². The molecule has 1 atom stereocenters. The first-order valence-corrected chi connectivity index (χ1v) is 13.1. The molecule has 4 bridgehead atoms. The Bertz CT molecular complexity index is 1120. The Morgan fingerprint density at radius 2 is 1.56 bits per heavy atom. The third-order valence-electron chi connectivity index (χ3n) is 8.93. The Morgan fingerprint density at radius 1 is 0.912 bits per heavy atom. The van der Waals surface area contributed by atoms with E-state index in [1.165, 1.54) is 54.9 Å². The summed E-state index contributed by atoms with van der Waals surface area (Å²) >= 11 is 6.39. The van der Waals surface area contributed by atoms with Gasteiger partial charge in [0.05, 0.1) is 0 Å². The van der Waals surface area contributed by atoms with Gasteiger partial charge in [-0.25, -0.2) is 0 Å². The van der Waals surface area contributed by atoms with Crippen LogP contribution in [0.5, 0.6) is 5.75 Å². The van der Waals surface area contributed by atoms with Crippen LogP contribution < -0.4 is 10.1 Å². The first-order valence-electron chi connectivity index (χ1n) is 12.7. The largest absolute Gasteiger partial charge is 0.488 e. The van der Waals surface area contributed by atoms with Crippen LogP contribution in [-0.4, -0.2) is 6.04 Å². The summed E-state index contributed by atoms with van der Waals surface area (Å²) < 4.78 is 6.37. The molecule has 4 aliphatic carbocycles. The zero-order chi connectivity index (χ0) is 22.4. The molecule has 34 heavy (non-hydrogen) atoms. The lowest BCUT2D eigenvalue weighted by Crippen LogP contribution is -2.54. The van der Waals surface area contributed by atoms with Crippen LogP contribution in [0.1, 0.15) is 56.6 Å². The summed E-state index contributed by atoms with van der Waals surface area (Å²) in [5.74, 6) is 3.89. The lowest BCUT2D eigenvalue weighted by atomic mass is 9.48. The smallest absolute Gasteiger partial charge is 0.124 e. The van der Waals surface area contributed by atoms with Gasteiger partial charge in [-0.05, 0) is 91.5 Å². The molecule has 1 N–H and O–H groups in total. The average molecular weight is 497 g/mol. The van der Waals surface area contributed by atoms with E-state index in [9.17, 15) is 0 Å². The third-order valence-corrected chi connectivity index (χ3v) is 9.30. The van der Waals surface area contributed by atoms with Crippen molar-refractivity contribution in [3.8, 4) is 5.75 Å². The van der Waals surface area contributed by atoms with Gasteiger partial charge in [-0.15, -0.1) is 12.4 Å². The van der Waals surface area contributed by atoms with Gasteiger partial charge in [-0.1, -0.05) is 60.1 Å². The summed E-state index contributed by atoms with van der Waals surface area (Å²) in [6, 6.07) is 21.4. The van der Waals surface area contributed by atoms with Gasteiger partial charge in [0.1, 0.15) is 12.4 Å². The number of ether oxygens (including phenoxy) is 1. The topological polar surface area (TPSA) is 21.3 Å². The fourth-order valence-electron chi connectivity index (χ4n) is 7.58. The van der Waals surface area contributed by atoms with Crippen LogP contribution in [-0.2, 0) is 13.2 Å². The van der Waals surface area contributed by atoms with Crippen molar-refractivity contribution in [2.75, 3.05) is 0 Å². The zero-order valence-corrected chi connectivity index (χ0v) is 21.5. The first kappa shape index (κ1) is 24.0. The molecule has 7 rings (SSSR count). The molecule has 4 heteroatoms. The second-order valence-corrected chi connectivity index (χ2v) is 11.4. The number of hydrogen-bond acceptors (Lipinski definition) is 2.